The highest BCUT2D eigenvalue weighted by molar-refractivity contribution is 5.19. The van der Waals surface area contributed by atoms with E-state index in [1.54, 1.807) is 12.1 Å². The SMILES string of the molecule is Cc1nccn1CCCN1CCC(C(O)c2ccc(F)cc2)CC1. The fourth-order valence-electron chi connectivity index (χ4n) is 3.53. The highest BCUT2D eigenvalue weighted by Crippen LogP contribution is 2.30. The molecule has 0 radical (unpaired) electrons. The van der Waals surface area contributed by atoms with Crippen LogP contribution in [0.3, 0.4) is 0 Å². The molecule has 24 heavy (non-hydrogen) atoms. The molecule has 2 heterocycles. The Hall–Kier alpha value is -1.72. The van der Waals surface area contributed by atoms with Crippen molar-refractivity contribution in [1.29, 1.82) is 0 Å². The maximum Gasteiger partial charge on any atom is 0.123 e. The number of likely N-dealkylation sites (tertiary alicyclic amines) is 1. The Morgan fingerprint density at radius 1 is 1.21 bits per heavy atom. The lowest BCUT2D eigenvalue weighted by atomic mass is 9.87. The molecule has 0 bridgehead atoms. The summed E-state index contributed by atoms with van der Waals surface area (Å²) in [5.41, 5.74) is 0.824. The first kappa shape index (κ1) is 17.1. The number of piperidine rings is 1. The Morgan fingerprint density at radius 2 is 1.92 bits per heavy atom. The molecule has 1 atom stereocenters. The Bertz CT molecular complexity index is 632. The molecule has 1 aliphatic heterocycles. The van der Waals surface area contributed by atoms with Crippen molar-refractivity contribution in [2.24, 2.45) is 5.92 Å². The average molecular weight is 331 g/mol. The van der Waals surface area contributed by atoms with Crippen molar-refractivity contribution in [3.8, 4) is 0 Å². The normalized spacial score (nSPS) is 18.0. The topological polar surface area (TPSA) is 41.3 Å². The minimum absolute atomic E-state index is 0.256. The van der Waals surface area contributed by atoms with Crippen LogP contribution in [0, 0.1) is 18.7 Å². The summed E-state index contributed by atoms with van der Waals surface area (Å²) in [6, 6.07) is 6.23. The quantitative estimate of drug-likeness (QED) is 0.884. The maximum atomic E-state index is 13.0. The number of rotatable bonds is 6. The zero-order valence-electron chi connectivity index (χ0n) is 14.2. The molecular formula is C19H26FN3O. The third kappa shape index (κ3) is 4.22. The molecule has 1 aromatic carbocycles. The summed E-state index contributed by atoms with van der Waals surface area (Å²) in [5.74, 6) is 1.08. The number of aryl methyl sites for hydroxylation is 2. The van der Waals surface area contributed by atoms with Gasteiger partial charge in [-0.15, -0.1) is 0 Å². The van der Waals surface area contributed by atoms with Gasteiger partial charge in [0.15, 0.2) is 0 Å². The first-order valence-corrected chi connectivity index (χ1v) is 8.77. The van der Waals surface area contributed by atoms with E-state index in [1.165, 1.54) is 12.1 Å². The molecule has 1 aromatic heterocycles. The molecule has 4 nitrogen and oxygen atoms in total. The van der Waals surface area contributed by atoms with Gasteiger partial charge in [-0.1, -0.05) is 12.1 Å². The Labute approximate surface area is 142 Å². The second-order valence-electron chi connectivity index (χ2n) is 6.70. The molecule has 0 aliphatic carbocycles. The van der Waals surface area contributed by atoms with E-state index in [4.69, 9.17) is 0 Å². The van der Waals surface area contributed by atoms with Gasteiger partial charge >= 0.3 is 0 Å². The molecule has 2 aromatic rings. The smallest absolute Gasteiger partial charge is 0.123 e. The fraction of sp³-hybridized carbons (Fsp3) is 0.526. The maximum absolute atomic E-state index is 13.0. The minimum Gasteiger partial charge on any atom is -0.388 e. The fourth-order valence-corrected chi connectivity index (χ4v) is 3.53. The van der Waals surface area contributed by atoms with Gasteiger partial charge in [0.1, 0.15) is 11.6 Å². The van der Waals surface area contributed by atoms with Crippen molar-refractivity contribution >= 4 is 0 Å². The van der Waals surface area contributed by atoms with Crippen LogP contribution in [0.2, 0.25) is 0 Å². The van der Waals surface area contributed by atoms with E-state index in [0.29, 0.717) is 0 Å². The van der Waals surface area contributed by atoms with Crippen molar-refractivity contribution in [3.63, 3.8) is 0 Å². The Morgan fingerprint density at radius 3 is 2.54 bits per heavy atom. The van der Waals surface area contributed by atoms with Gasteiger partial charge in [-0.25, -0.2) is 9.37 Å². The van der Waals surface area contributed by atoms with Crippen LogP contribution < -0.4 is 0 Å². The molecule has 0 amide bonds. The van der Waals surface area contributed by atoms with Crippen LogP contribution in [-0.4, -0.2) is 39.2 Å². The van der Waals surface area contributed by atoms with Crippen molar-refractivity contribution in [3.05, 3.63) is 53.9 Å². The largest absolute Gasteiger partial charge is 0.388 e. The highest BCUT2D eigenvalue weighted by atomic mass is 19.1. The van der Waals surface area contributed by atoms with E-state index >= 15 is 0 Å². The monoisotopic (exact) mass is 331 g/mol. The van der Waals surface area contributed by atoms with Crippen LogP contribution in [-0.2, 0) is 6.54 Å². The molecule has 0 spiro atoms. The molecule has 1 fully saturated rings. The van der Waals surface area contributed by atoms with E-state index in [0.717, 1.165) is 56.8 Å². The van der Waals surface area contributed by atoms with Gasteiger partial charge in [-0.2, -0.15) is 0 Å². The number of halogens is 1. The number of imidazole rings is 1. The summed E-state index contributed by atoms with van der Waals surface area (Å²) in [6.45, 7) is 6.15. The van der Waals surface area contributed by atoms with Crippen molar-refractivity contribution in [1.82, 2.24) is 14.5 Å². The van der Waals surface area contributed by atoms with Crippen LogP contribution in [0.15, 0.2) is 36.7 Å². The molecule has 1 unspecified atom stereocenters. The molecule has 1 N–H and O–H groups in total. The zero-order chi connectivity index (χ0) is 16.9. The van der Waals surface area contributed by atoms with E-state index in [9.17, 15) is 9.50 Å². The predicted octanol–water partition coefficient (Wildman–Crippen LogP) is 3.17. The van der Waals surface area contributed by atoms with Gasteiger partial charge in [-0.3, -0.25) is 0 Å². The van der Waals surface area contributed by atoms with Crippen molar-refractivity contribution < 1.29 is 9.50 Å². The van der Waals surface area contributed by atoms with E-state index in [2.05, 4.69) is 14.5 Å². The summed E-state index contributed by atoms with van der Waals surface area (Å²) in [7, 11) is 0. The van der Waals surface area contributed by atoms with Crippen molar-refractivity contribution in [2.45, 2.75) is 38.8 Å². The molecule has 0 saturated carbocycles. The highest BCUT2D eigenvalue weighted by Gasteiger charge is 2.26. The summed E-state index contributed by atoms with van der Waals surface area (Å²) in [6.07, 6.45) is 6.48. The van der Waals surface area contributed by atoms with Gasteiger partial charge in [0.25, 0.3) is 0 Å². The number of aliphatic hydroxyl groups is 1. The Balaban J connectivity index is 1.42. The zero-order valence-corrected chi connectivity index (χ0v) is 14.2. The molecule has 1 aliphatic rings. The third-order valence-corrected chi connectivity index (χ3v) is 5.09. The second-order valence-corrected chi connectivity index (χ2v) is 6.70. The van der Waals surface area contributed by atoms with Crippen LogP contribution in [0.1, 0.15) is 36.8 Å². The van der Waals surface area contributed by atoms with Crippen LogP contribution >= 0.6 is 0 Å². The number of aromatic nitrogens is 2. The van der Waals surface area contributed by atoms with Gasteiger partial charge in [0, 0.05) is 18.9 Å². The van der Waals surface area contributed by atoms with Gasteiger partial charge in [0.2, 0.25) is 0 Å². The van der Waals surface area contributed by atoms with Crippen LogP contribution in [0.25, 0.3) is 0 Å². The minimum atomic E-state index is -0.485. The summed E-state index contributed by atoms with van der Waals surface area (Å²) < 4.78 is 15.2. The van der Waals surface area contributed by atoms with E-state index in [-0.39, 0.29) is 11.7 Å². The van der Waals surface area contributed by atoms with Gasteiger partial charge < -0.3 is 14.6 Å². The van der Waals surface area contributed by atoms with Crippen LogP contribution in [0.5, 0.6) is 0 Å². The first-order valence-electron chi connectivity index (χ1n) is 8.77. The molecule has 1 saturated heterocycles. The van der Waals surface area contributed by atoms with E-state index < -0.39 is 6.10 Å². The number of aliphatic hydroxyl groups excluding tert-OH is 1. The average Bonchev–Trinajstić information content (AvgIpc) is 3.01. The number of hydrogen-bond acceptors (Lipinski definition) is 3. The Kier molecular flexibility index (Phi) is 5.63. The standard InChI is InChI=1S/C19H26FN3O/c1-15-21-9-14-23(15)11-2-10-22-12-7-17(8-13-22)19(24)16-3-5-18(20)6-4-16/h3-6,9,14,17,19,24H,2,7-8,10-13H2,1H3. The van der Waals surface area contributed by atoms with Gasteiger partial charge in [-0.05, 0) is 69.4 Å². The molecule has 130 valence electrons. The summed E-state index contributed by atoms with van der Waals surface area (Å²) in [4.78, 5) is 6.72. The van der Waals surface area contributed by atoms with Gasteiger partial charge in [0.05, 0.1) is 6.10 Å². The number of hydrogen-bond donors (Lipinski definition) is 1. The molecule has 3 rings (SSSR count). The lowest BCUT2D eigenvalue weighted by molar-refractivity contribution is 0.0582. The summed E-state index contributed by atoms with van der Waals surface area (Å²) >= 11 is 0. The predicted molar refractivity (Wildman–Crippen MR) is 92.1 cm³/mol. The molecular weight excluding hydrogens is 305 g/mol. The molecule has 5 heteroatoms. The third-order valence-electron chi connectivity index (χ3n) is 5.09. The lowest BCUT2D eigenvalue weighted by Gasteiger charge is -2.34. The second kappa shape index (κ2) is 7.90. The lowest BCUT2D eigenvalue weighted by Crippen LogP contribution is -2.36. The van der Waals surface area contributed by atoms with E-state index in [1.807, 2.05) is 19.3 Å². The van der Waals surface area contributed by atoms with Crippen LogP contribution in [0.4, 0.5) is 4.39 Å². The summed E-state index contributed by atoms with van der Waals surface area (Å²) in [5, 5.41) is 10.5. The van der Waals surface area contributed by atoms with Crippen molar-refractivity contribution in [2.75, 3.05) is 19.6 Å². The number of nitrogens with zero attached hydrogens (tertiary/aromatic N) is 3. The first-order chi connectivity index (χ1) is 11.6. The number of benzene rings is 1.